The Balaban J connectivity index is 1.65. The molecule has 0 aliphatic carbocycles. The van der Waals surface area contributed by atoms with E-state index in [1.807, 2.05) is 30.3 Å². The van der Waals surface area contributed by atoms with E-state index in [1.165, 1.54) is 24.3 Å². The van der Waals surface area contributed by atoms with Crippen molar-refractivity contribution in [3.8, 4) is 11.4 Å². The van der Waals surface area contributed by atoms with Gasteiger partial charge in [-0.05, 0) is 35.9 Å². The quantitative estimate of drug-likeness (QED) is 0.504. The van der Waals surface area contributed by atoms with Crippen LogP contribution in [0.3, 0.4) is 0 Å². The molecule has 1 amide bonds. The Morgan fingerprint density at radius 3 is 2.61 bits per heavy atom. The number of hydrogen-bond acceptors (Lipinski definition) is 4. The molecule has 0 saturated heterocycles. The summed E-state index contributed by atoms with van der Waals surface area (Å²) in [7, 11) is 0. The van der Waals surface area contributed by atoms with Crippen molar-refractivity contribution in [2.45, 2.75) is 12.5 Å². The third kappa shape index (κ3) is 5.08. The number of benzene rings is 2. The number of aromatic amines is 1. The summed E-state index contributed by atoms with van der Waals surface area (Å²) in [6.07, 6.45) is 3.53. The van der Waals surface area contributed by atoms with E-state index >= 15 is 0 Å². The standard InChI is InChI=1S/C24H19FN4O2/c25-19-10-4-8-17(12-19)24(31)28-21(16-6-2-1-3-7-16)13-20-14-22(30)29-23(27-20)18-9-5-11-26-15-18/h1-12,14-15,21H,13H2,(H,28,31)(H,27,29,30)/t21-/m1/s1. The lowest BCUT2D eigenvalue weighted by atomic mass is 10.0. The Morgan fingerprint density at radius 2 is 1.87 bits per heavy atom. The largest absolute Gasteiger partial charge is 0.345 e. The summed E-state index contributed by atoms with van der Waals surface area (Å²) in [6.45, 7) is 0. The second-order valence-electron chi connectivity index (χ2n) is 6.98. The third-order valence-electron chi connectivity index (χ3n) is 4.74. The van der Waals surface area contributed by atoms with Crippen molar-refractivity contribution >= 4 is 5.91 Å². The maximum Gasteiger partial charge on any atom is 0.251 e. The number of carbonyl (C=O) groups excluding carboxylic acids is 1. The second-order valence-corrected chi connectivity index (χ2v) is 6.98. The first-order valence-electron chi connectivity index (χ1n) is 9.70. The minimum absolute atomic E-state index is 0.218. The lowest BCUT2D eigenvalue weighted by Gasteiger charge is -2.19. The molecule has 0 saturated carbocycles. The van der Waals surface area contributed by atoms with Crippen LogP contribution in [0.5, 0.6) is 0 Å². The van der Waals surface area contributed by atoms with E-state index in [0.717, 1.165) is 5.56 Å². The van der Waals surface area contributed by atoms with Gasteiger partial charge in [0.1, 0.15) is 11.6 Å². The van der Waals surface area contributed by atoms with E-state index in [1.54, 1.807) is 30.6 Å². The van der Waals surface area contributed by atoms with Crippen LogP contribution < -0.4 is 10.9 Å². The van der Waals surface area contributed by atoms with Crippen molar-refractivity contribution in [1.82, 2.24) is 20.3 Å². The fraction of sp³-hybridized carbons (Fsp3) is 0.0833. The molecule has 2 aromatic carbocycles. The van der Waals surface area contributed by atoms with Crippen LogP contribution in [0.1, 0.15) is 27.7 Å². The van der Waals surface area contributed by atoms with Crippen LogP contribution in [0.15, 0.2) is 90.0 Å². The summed E-state index contributed by atoms with van der Waals surface area (Å²) < 4.78 is 13.6. The van der Waals surface area contributed by atoms with Gasteiger partial charge in [-0.3, -0.25) is 14.6 Å². The van der Waals surface area contributed by atoms with E-state index < -0.39 is 17.8 Å². The monoisotopic (exact) mass is 414 g/mol. The zero-order valence-electron chi connectivity index (χ0n) is 16.5. The molecule has 2 heterocycles. The molecule has 7 heteroatoms. The SMILES string of the molecule is O=C(N[C@H](Cc1cc(=O)[nH]c(-c2cccnc2)n1)c1ccccc1)c1cccc(F)c1. The highest BCUT2D eigenvalue weighted by Gasteiger charge is 2.18. The number of carbonyl (C=O) groups is 1. The third-order valence-corrected chi connectivity index (χ3v) is 4.74. The average molecular weight is 414 g/mol. The van der Waals surface area contributed by atoms with Crippen LogP contribution in [0, 0.1) is 5.82 Å². The van der Waals surface area contributed by atoms with Crippen LogP contribution >= 0.6 is 0 Å². The molecule has 1 atom stereocenters. The number of hydrogen-bond donors (Lipinski definition) is 2. The van der Waals surface area contributed by atoms with Crippen molar-refractivity contribution in [2.24, 2.45) is 0 Å². The Bertz CT molecular complexity index is 1240. The summed E-state index contributed by atoms with van der Waals surface area (Å²) in [4.78, 5) is 36.3. The van der Waals surface area contributed by atoms with Gasteiger partial charge in [-0.25, -0.2) is 9.37 Å². The van der Waals surface area contributed by atoms with Gasteiger partial charge in [-0.2, -0.15) is 0 Å². The molecular weight excluding hydrogens is 395 g/mol. The predicted octanol–water partition coefficient (Wildman–Crippen LogP) is 3.68. The minimum Gasteiger partial charge on any atom is -0.345 e. The highest BCUT2D eigenvalue weighted by atomic mass is 19.1. The van der Waals surface area contributed by atoms with Gasteiger partial charge in [0.25, 0.3) is 11.5 Å². The Morgan fingerprint density at radius 1 is 1.03 bits per heavy atom. The molecule has 6 nitrogen and oxygen atoms in total. The van der Waals surface area contributed by atoms with Gasteiger partial charge in [0.05, 0.1) is 11.7 Å². The van der Waals surface area contributed by atoms with E-state index in [0.29, 0.717) is 17.1 Å². The average Bonchev–Trinajstić information content (AvgIpc) is 2.79. The van der Waals surface area contributed by atoms with Crippen molar-refractivity contribution < 1.29 is 9.18 Å². The molecule has 31 heavy (non-hydrogen) atoms. The lowest BCUT2D eigenvalue weighted by molar-refractivity contribution is 0.0936. The minimum atomic E-state index is -0.485. The van der Waals surface area contributed by atoms with Crippen molar-refractivity contribution in [2.75, 3.05) is 0 Å². The fourth-order valence-electron chi connectivity index (χ4n) is 3.27. The maximum absolute atomic E-state index is 13.6. The number of halogens is 1. The molecule has 4 aromatic rings. The van der Waals surface area contributed by atoms with Crippen LogP contribution in [0.25, 0.3) is 11.4 Å². The smallest absolute Gasteiger partial charge is 0.251 e. The molecule has 0 aliphatic heterocycles. The number of rotatable bonds is 6. The first-order valence-corrected chi connectivity index (χ1v) is 9.70. The number of nitrogens with one attached hydrogen (secondary N) is 2. The molecule has 0 radical (unpaired) electrons. The zero-order valence-corrected chi connectivity index (χ0v) is 16.5. The topological polar surface area (TPSA) is 87.7 Å². The molecule has 0 aliphatic rings. The first kappa shape index (κ1) is 20.2. The van der Waals surface area contributed by atoms with E-state index in [4.69, 9.17) is 0 Å². The van der Waals surface area contributed by atoms with Gasteiger partial charge in [0.2, 0.25) is 0 Å². The molecule has 0 spiro atoms. The molecule has 0 unspecified atom stereocenters. The van der Waals surface area contributed by atoms with Crippen LogP contribution in [0.4, 0.5) is 4.39 Å². The Labute approximate surface area is 177 Å². The number of amides is 1. The number of pyridine rings is 1. The van der Waals surface area contributed by atoms with Gasteiger partial charge in [0.15, 0.2) is 0 Å². The van der Waals surface area contributed by atoms with E-state index in [2.05, 4.69) is 20.3 Å². The van der Waals surface area contributed by atoms with Crippen molar-refractivity contribution in [3.63, 3.8) is 0 Å². The zero-order chi connectivity index (χ0) is 21.6. The van der Waals surface area contributed by atoms with Crippen LogP contribution in [-0.4, -0.2) is 20.9 Å². The van der Waals surface area contributed by atoms with Crippen LogP contribution in [-0.2, 0) is 6.42 Å². The predicted molar refractivity (Wildman–Crippen MR) is 115 cm³/mol. The fourth-order valence-corrected chi connectivity index (χ4v) is 3.27. The van der Waals surface area contributed by atoms with E-state index in [-0.39, 0.29) is 17.5 Å². The number of aromatic nitrogens is 3. The van der Waals surface area contributed by atoms with Gasteiger partial charge in [0, 0.05) is 36.0 Å². The lowest BCUT2D eigenvalue weighted by Crippen LogP contribution is -2.30. The Kier molecular flexibility index (Phi) is 5.93. The summed E-state index contributed by atoms with van der Waals surface area (Å²) in [6, 6.07) is 19.4. The summed E-state index contributed by atoms with van der Waals surface area (Å²) >= 11 is 0. The summed E-state index contributed by atoms with van der Waals surface area (Å²) in [5.74, 6) is -0.495. The van der Waals surface area contributed by atoms with Crippen molar-refractivity contribution in [3.05, 3.63) is 118 Å². The number of H-pyrrole nitrogens is 1. The van der Waals surface area contributed by atoms with E-state index in [9.17, 15) is 14.0 Å². The summed E-state index contributed by atoms with van der Waals surface area (Å²) in [5.41, 5.74) is 1.96. The first-order chi connectivity index (χ1) is 15.1. The van der Waals surface area contributed by atoms with Crippen LogP contribution in [0.2, 0.25) is 0 Å². The van der Waals surface area contributed by atoms with Gasteiger partial charge >= 0.3 is 0 Å². The van der Waals surface area contributed by atoms with Gasteiger partial charge in [-0.1, -0.05) is 36.4 Å². The highest BCUT2D eigenvalue weighted by molar-refractivity contribution is 5.94. The van der Waals surface area contributed by atoms with Crippen molar-refractivity contribution in [1.29, 1.82) is 0 Å². The van der Waals surface area contributed by atoms with Gasteiger partial charge in [-0.15, -0.1) is 0 Å². The Hall–Kier alpha value is -4.13. The molecule has 2 N–H and O–H groups in total. The summed E-state index contributed by atoms with van der Waals surface area (Å²) in [5, 5.41) is 2.93. The van der Waals surface area contributed by atoms with Gasteiger partial charge < -0.3 is 10.3 Å². The number of nitrogens with zero attached hydrogens (tertiary/aromatic N) is 2. The molecule has 0 bridgehead atoms. The molecule has 4 rings (SSSR count). The maximum atomic E-state index is 13.6. The molecule has 0 fully saturated rings. The molecule has 154 valence electrons. The normalized spacial score (nSPS) is 11.6. The molecular formula is C24H19FN4O2. The highest BCUT2D eigenvalue weighted by Crippen LogP contribution is 2.19. The molecule has 2 aromatic heterocycles. The second kappa shape index (κ2) is 9.13.